The Morgan fingerprint density at radius 1 is 1.22 bits per heavy atom. The first-order valence-corrected chi connectivity index (χ1v) is 9.17. The molecule has 3 saturated heterocycles. The highest BCUT2D eigenvalue weighted by Crippen LogP contribution is 2.39. The molecule has 0 spiro atoms. The molecule has 1 aromatic carbocycles. The number of hydrogen-bond donors (Lipinski definition) is 1. The van der Waals surface area contributed by atoms with E-state index in [2.05, 4.69) is 26.9 Å². The number of fused-ring (bicyclic) bond motifs is 3. The highest BCUT2D eigenvalue weighted by Gasteiger charge is 2.36. The van der Waals surface area contributed by atoms with Gasteiger partial charge in [-0.05, 0) is 72.3 Å². The van der Waals surface area contributed by atoms with Gasteiger partial charge in [-0.25, -0.2) is 0 Å². The normalized spacial score (nSPS) is 25.0. The SMILES string of the molecule is CCOc1cc(/C=C2/[C@H](O)C3CCN2CC3)cc(Br)c1OCC. The van der Waals surface area contributed by atoms with E-state index in [4.69, 9.17) is 9.47 Å². The Labute approximate surface area is 146 Å². The zero-order chi connectivity index (χ0) is 16.4. The van der Waals surface area contributed by atoms with E-state index in [-0.39, 0.29) is 6.10 Å². The van der Waals surface area contributed by atoms with Crippen LogP contribution in [-0.2, 0) is 0 Å². The van der Waals surface area contributed by atoms with Crippen LogP contribution in [0.5, 0.6) is 11.5 Å². The van der Waals surface area contributed by atoms with Crippen LogP contribution in [0.25, 0.3) is 6.08 Å². The molecule has 3 heterocycles. The third-order valence-electron chi connectivity index (χ3n) is 4.59. The monoisotopic (exact) mass is 381 g/mol. The lowest BCUT2D eigenvalue weighted by Crippen LogP contribution is -2.48. The number of hydrogen-bond acceptors (Lipinski definition) is 4. The number of halogens is 1. The minimum absolute atomic E-state index is 0.349. The molecular weight excluding hydrogens is 358 g/mol. The molecule has 1 atom stereocenters. The van der Waals surface area contributed by atoms with Crippen LogP contribution >= 0.6 is 15.9 Å². The van der Waals surface area contributed by atoms with Gasteiger partial charge in [0.1, 0.15) is 0 Å². The average Bonchev–Trinajstić information content (AvgIpc) is 2.55. The molecule has 5 heteroatoms. The summed E-state index contributed by atoms with van der Waals surface area (Å²) >= 11 is 3.58. The molecule has 3 fully saturated rings. The largest absolute Gasteiger partial charge is 0.490 e. The molecule has 126 valence electrons. The van der Waals surface area contributed by atoms with Crippen molar-refractivity contribution >= 4 is 22.0 Å². The van der Waals surface area contributed by atoms with Crippen molar-refractivity contribution in [3.63, 3.8) is 0 Å². The predicted molar refractivity (Wildman–Crippen MR) is 94.8 cm³/mol. The first-order valence-electron chi connectivity index (χ1n) is 8.37. The summed E-state index contributed by atoms with van der Waals surface area (Å²) in [7, 11) is 0. The Bertz CT molecular complexity index is 590. The van der Waals surface area contributed by atoms with Crippen molar-refractivity contribution < 1.29 is 14.6 Å². The maximum absolute atomic E-state index is 10.5. The fraction of sp³-hybridized carbons (Fsp3) is 0.556. The first-order chi connectivity index (χ1) is 11.1. The minimum atomic E-state index is -0.349. The second-order valence-electron chi connectivity index (χ2n) is 6.03. The molecular formula is C18H24BrNO3. The van der Waals surface area contributed by atoms with Gasteiger partial charge in [-0.15, -0.1) is 0 Å². The standard InChI is InChI=1S/C18H24BrNO3/c1-3-22-16-11-12(9-14(19)18(16)23-4-2)10-15-17(21)13-5-7-20(15)8-6-13/h9-11,13,17,21H,3-8H2,1-2H3/b15-10-/t17-/m1/s1. The van der Waals surface area contributed by atoms with Gasteiger partial charge in [-0.3, -0.25) is 0 Å². The highest BCUT2D eigenvalue weighted by atomic mass is 79.9. The van der Waals surface area contributed by atoms with E-state index in [1.54, 1.807) is 0 Å². The van der Waals surface area contributed by atoms with E-state index in [0.717, 1.165) is 53.2 Å². The van der Waals surface area contributed by atoms with Crippen LogP contribution in [0.3, 0.4) is 0 Å². The Balaban J connectivity index is 1.95. The number of aliphatic hydroxyl groups excluding tert-OH is 1. The Kier molecular flexibility index (Phi) is 5.17. The fourth-order valence-corrected chi connectivity index (χ4v) is 4.04. The third kappa shape index (κ3) is 3.36. The Morgan fingerprint density at radius 3 is 2.52 bits per heavy atom. The van der Waals surface area contributed by atoms with Crippen molar-refractivity contribution in [3.05, 3.63) is 27.9 Å². The van der Waals surface area contributed by atoms with Crippen molar-refractivity contribution in [2.75, 3.05) is 26.3 Å². The average molecular weight is 382 g/mol. The molecule has 3 aliphatic rings. The van der Waals surface area contributed by atoms with Crippen molar-refractivity contribution in [2.24, 2.45) is 5.92 Å². The smallest absolute Gasteiger partial charge is 0.175 e. The molecule has 1 aromatic rings. The number of rotatable bonds is 5. The van der Waals surface area contributed by atoms with Gasteiger partial charge < -0.3 is 19.5 Å². The number of aliphatic hydroxyl groups is 1. The molecule has 0 unspecified atom stereocenters. The molecule has 0 amide bonds. The van der Waals surface area contributed by atoms with E-state index in [1.807, 2.05) is 26.0 Å². The molecule has 3 aliphatic heterocycles. The number of nitrogens with zero attached hydrogens (tertiary/aromatic N) is 1. The zero-order valence-electron chi connectivity index (χ0n) is 13.7. The first kappa shape index (κ1) is 16.7. The van der Waals surface area contributed by atoms with Gasteiger partial charge in [-0.2, -0.15) is 0 Å². The van der Waals surface area contributed by atoms with Crippen LogP contribution < -0.4 is 9.47 Å². The summed E-state index contributed by atoms with van der Waals surface area (Å²) in [5.74, 6) is 1.88. The van der Waals surface area contributed by atoms with Crippen LogP contribution in [-0.4, -0.2) is 42.4 Å². The van der Waals surface area contributed by atoms with E-state index in [1.165, 1.54) is 0 Å². The summed E-state index contributed by atoms with van der Waals surface area (Å²) in [4.78, 5) is 2.30. The second-order valence-corrected chi connectivity index (χ2v) is 6.89. The summed E-state index contributed by atoms with van der Waals surface area (Å²) < 4.78 is 12.3. The van der Waals surface area contributed by atoms with Crippen LogP contribution in [0, 0.1) is 5.92 Å². The highest BCUT2D eigenvalue weighted by molar-refractivity contribution is 9.10. The molecule has 4 rings (SSSR count). The second kappa shape index (κ2) is 7.14. The molecule has 1 N–H and O–H groups in total. The lowest BCUT2D eigenvalue weighted by molar-refractivity contribution is 0.0215. The van der Waals surface area contributed by atoms with E-state index < -0.39 is 0 Å². The zero-order valence-corrected chi connectivity index (χ0v) is 15.3. The molecule has 0 radical (unpaired) electrons. The quantitative estimate of drug-likeness (QED) is 0.844. The van der Waals surface area contributed by atoms with Crippen molar-refractivity contribution in [2.45, 2.75) is 32.8 Å². The van der Waals surface area contributed by atoms with Gasteiger partial charge in [0.15, 0.2) is 11.5 Å². The molecule has 2 bridgehead atoms. The Hall–Kier alpha value is -1.20. The predicted octanol–water partition coefficient (Wildman–Crippen LogP) is 3.67. The third-order valence-corrected chi connectivity index (χ3v) is 5.18. The molecule has 0 aromatic heterocycles. The van der Waals surface area contributed by atoms with E-state index in [0.29, 0.717) is 19.1 Å². The summed E-state index contributed by atoms with van der Waals surface area (Å²) in [5, 5.41) is 10.5. The fourth-order valence-electron chi connectivity index (χ4n) is 3.47. The maximum Gasteiger partial charge on any atom is 0.175 e. The van der Waals surface area contributed by atoms with Crippen molar-refractivity contribution in [1.82, 2.24) is 4.90 Å². The van der Waals surface area contributed by atoms with Gasteiger partial charge in [0.05, 0.1) is 23.8 Å². The summed E-state index contributed by atoms with van der Waals surface area (Å²) in [5.41, 5.74) is 2.05. The van der Waals surface area contributed by atoms with Crippen LogP contribution in [0.1, 0.15) is 32.3 Å². The van der Waals surface area contributed by atoms with Gasteiger partial charge in [0, 0.05) is 18.8 Å². The Morgan fingerprint density at radius 2 is 1.91 bits per heavy atom. The topological polar surface area (TPSA) is 41.9 Å². The molecule has 0 saturated carbocycles. The molecule has 0 aliphatic carbocycles. The van der Waals surface area contributed by atoms with E-state index >= 15 is 0 Å². The van der Waals surface area contributed by atoms with Crippen LogP contribution in [0.15, 0.2) is 22.3 Å². The summed E-state index contributed by atoms with van der Waals surface area (Å²) in [6, 6.07) is 4.01. The maximum atomic E-state index is 10.5. The molecule has 4 nitrogen and oxygen atoms in total. The number of piperidine rings is 3. The lowest BCUT2D eigenvalue weighted by Gasteiger charge is -2.46. The van der Waals surface area contributed by atoms with Crippen molar-refractivity contribution in [3.8, 4) is 11.5 Å². The van der Waals surface area contributed by atoms with Gasteiger partial charge in [-0.1, -0.05) is 0 Å². The van der Waals surface area contributed by atoms with Crippen LogP contribution in [0.4, 0.5) is 0 Å². The number of ether oxygens (including phenoxy) is 2. The van der Waals surface area contributed by atoms with E-state index in [9.17, 15) is 5.11 Å². The summed E-state index contributed by atoms with van der Waals surface area (Å²) in [6.07, 6.45) is 3.92. The lowest BCUT2D eigenvalue weighted by atomic mass is 9.83. The van der Waals surface area contributed by atoms with Crippen molar-refractivity contribution in [1.29, 1.82) is 0 Å². The molecule has 23 heavy (non-hydrogen) atoms. The van der Waals surface area contributed by atoms with Gasteiger partial charge >= 0.3 is 0 Å². The summed E-state index contributed by atoms with van der Waals surface area (Å²) in [6.45, 7) is 7.19. The number of benzene rings is 1. The van der Waals surface area contributed by atoms with Crippen LogP contribution in [0.2, 0.25) is 0 Å². The minimum Gasteiger partial charge on any atom is -0.490 e. The van der Waals surface area contributed by atoms with Gasteiger partial charge in [0.2, 0.25) is 0 Å². The van der Waals surface area contributed by atoms with Gasteiger partial charge in [0.25, 0.3) is 0 Å².